The highest BCUT2D eigenvalue weighted by molar-refractivity contribution is 6.05. The average molecular weight is 387 g/mol. The van der Waals surface area contributed by atoms with Gasteiger partial charge in [-0.1, -0.05) is 6.92 Å². The van der Waals surface area contributed by atoms with Gasteiger partial charge in [-0.25, -0.2) is 10.2 Å². The van der Waals surface area contributed by atoms with Gasteiger partial charge in [0.2, 0.25) is 5.91 Å². The number of nitrogens with one attached hydrogen (secondary N) is 1. The standard InChI is InChI=1S/C21H29N3O4/c1-14-13-18(25)22-23-19(14)15-5-7-16(8-6-15)27-17-9-11-24(12-10-17)20(26)28-21(2,3)4/h5-8,14,17H,9-13H2,1-4H3,(H,22,25). The monoisotopic (exact) mass is 387 g/mol. The molecule has 1 aromatic carbocycles. The Kier molecular flexibility index (Phi) is 5.91. The molecule has 1 saturated heterocycles. The third-order valence-electron chi connectivity index (χ3n) is 4.81. The first-order chi connectivity index (χ1) is 13.2. The summed E-state index contributed by atoms with van der Waals surface area (Å²) >= 11 is 0. The van der Waals surface area contributed by atoms with Crippen LogP contribution in [0.3, 0.4) is 0 Å². The summed E-state index contributed by atoms with van der Waals surface area (Å²) in [6.45, 7) is 8.88. The lowest BCUT2D eigenvalue weighted by Crippen LogP contribution is -2.44. The van der Waals surface area contributed by atoms with E-state index in [4.69, 9.17) is 9.47 Å². The molecule has 0 spiro atoms. The van der Waals surface area contributed by atoms with Crippen LogP contribution in [0.4, 0.5) is 4.79 Å². The van der Waals surface area contributed by atoms with Crippen molar-refractivity contribution in [1.29, 1.82) is 0 Å². The maximum atomic E-state index is 12.1. The molecular formula is C21H29N3O4. The third kappa shape index (κ3) is 5.24. The average Bonchev–Trinajstić information content (AvgIpc) is 2.62. The smallest absolute Gasteiger partial charge is 0.410 e. The number of ether oxygens (including phenoxy) is 2. The molecule has 3 rings (SSSR count). The lowest BCUT2D eigenvalue weighted by atomic mass is 9.94. The Labute approximate surface area is 166 Å². The molecule has 2 heterocycles. The van der Waals surface area contributed by atoms with Crippen LogP contribution in [0, 0.1) is 5.92 Å². The van der Waals surface area contributed by atoms with Gasteiger partial charge in [0.1, 0.15) is 17.5 Å². The number of rotatable bonds is 3. The Bertz CT molecular complexity index is 744. The molecule has 1 unspecified atom stereocenters. The van der Waals surface area contributed by atoms with Crippen LogP contribution < -0.4 is 10.2 Å². The van der Waals surface area contributed by atoms with Crippen LogP contribution in [0.25, 0.3) is 0 Å². The number of carbonyl (C=O) groups is 2. The summed E-state index contributed by atoms with van der Waals surface area (Å²) in [6, 6.07) is 7.80. The number of amides is 2. The van der Waals surface area contributed by atoms with E-state index in [0.29, 0.717) is 19.5 Å². The van der Waals surface area contributed by atoms with Gasteiger partial charge < -0.3 is 14.4 Å². The Balaban J connectivity index is 1.52. The van der Waals surface area contributed by atoms with E-state index in [1.807, 2.05) is 52.0 Å². The summed E-state index contributed by atoms with van der Waals surface area (Å²) in [4.78, 5) is 25.3. The highest BCUT2D eigenvalue weighted by Crippen LogP contribution is 2.23. The van der Waals surface area contributed by atoms with E-state index in [1.54, 1.807) is 4.90 Å². The molecule has 2 aliphatic rings. The largest absolute Gasteiger partial charge is 0.490 e. The van der Waals surface area contributed by atoms with Gasteiger partial charge in [0.05, 0.1) is 5.71 Å². The van der Waals surface area contributed by atoms with Gasteiger partial charge in [-0.05, 0) is 50.6 Å². The van der Waals surface area contributed by atoms with Crippen molar-refractivity contribution in [2.24, 2.45) is 11.0 Å². The fourth-order valence-corrected chi connectivity index (χ4v) is 3.38. The Morgan fingerprint density at radius 2 is 1.82 bits per heavy atom. The van der Waals surface area contributed by atoms with Gasteiger partial charge in [-0.15, -0.1) is 0 Å². The number of hydrazone groups is 1. The minimum atomic E-state index is -0.477. The summed E-state index contributed by atoms with van der Waals surface area (Å²) in [5.74, 6) is 0.846. The van der Waals surface area contributed by atoms with Gasteiger partial charge in [-0.2, -0.15) is 5.10 Å². The summed E-state index contributed by atoms with van der Waals surface area (Å²) in [5.41, 5.74) is 3.94. The van der Waals surface area contributed by atoms with Crippen molar-refractivity contribution in [3.63, 3.8) is 0 Å². The summed E-state index contributed by atoms with van der Waals surface area (Å²) in [5, 5.41) is 4.18. The van der Waals surface area contributed by atoms with E-state index in [-0.39, 0.29) is 24.0 Å². The number of carbonyl (C=O) groups excluding carboxylic acids is 2. The van der Waals surface area contributed by atoms with Gasteiger partial charge in [-0.3, -0.25) is 4.79 Å². The zero-order valence-corrected chi connectivity index (χ0v) is 17.0. The molecule has 7 nitrogen and oxygen atoms in total. The van der Waals surface area contributed by atoms with Crippen LogP contribution >= 0.6 is 0 Å². The lowest BCUT2D eigenvalue weighted by Gasteiger charge is -2.33. The zero-order valence-electron chi connectivity index (χ0n) is 17.0. The SMILES string of the molecule is CC1CC(=O)NN=C1c1ccc(OC2CCN(C(=O)OC(C)(C)C)CC2)cc1. The molecule has 1 N–H and O–H groups in total. The van der Waals surface area contributed by atoms with E-state index in [0.717, 1.165) is 29.9 Å². The molecule has 0 aromatic heterocycles. The first-order valence-electron chi connectivity index (χ1n) is 9.83. The predicted molar refractivity (Wildman–Crippen MR) is 106 cm³/mol. The second kappa shape index (κ2) is 8.20. The molecule has 0 bridgehead atoms. The quantitative estimate of drug-likeness (QED) is 0.863. The first kappa shape index (κ1) is 20.2. The summed E-state index contributed by atoms with van der Waals surface area (Å²) in [7, 11) is 0. The maximum absolute atomic E-state index is 12.1. The molecule has 1 aromatic rings. The van der Waals surface area contributed by atoms with Crippen molar-refractivity contribution in [3.05, 3.63) is 29.8 Å². The van der Waals surface area contributed by atoms with Crippen molar-refractivity contribution in [1.82, 2.24) is 10.3 Å². The molecule has 1 atom stereocenters. The van der Waals surface area contributed by atoms with Crippen LogP contribution in [-0.2, 0) is 9.53 Å². The minimum Gasteiger partial charge on any atom is -0.490 e. The molecule has 28 heavy (non-hydrogen) atoms. The van der Waals surface area contributed by atoms with Gasteiger partial charge in [0.15, 0.2) is 0 Å². The van der Waals surface area contributed by atoms with E-state index in [1.165, 1.54) is 0 Å². The minimum absolute atomic E-state index is 0.0473. The molecule has 152 valence electrons. The summed E-state index contributed by atoms with van der Waals surface area (Å²) in [6.07, 6.45) is 1.82. The van der Waals surface area contributed by atoms with Gasteiger partial charge >= 0.3 is 6.09 Å². The molecule has 0 aliphatic carbocycles. The van der Waals surface area contributed by atoms with Gasteiger partial charge in [0, 0.05) is 38.3 Å². The third-order valence-corrected chi connectivity index (χ3v) is 4.81. The number of nitrogens with zero attached hydrogens (tertiary/aromatic N) is 2. The van der Waals surface area contributed by atoms with Crippen LogP contribution in [0.1, 0.15) is 52.5 Å². The second-order valence-electron chi connectivity index (χ2n) is 8.45. The normalized spacial score (nSPS) is 21.0. The zero-order chi connectivity index (χ0) is 20.3. The number of hydrogen-bond donors (Lipinski definition) is 1. The van der Waals surface area contributed by atoms with Crippen molar-refractivity contribution >= 4 is 17.7 Å². The van der Waals surface area contributed by atoms with E-state index >= 15 is 0 Å². The number of benzene rings is 1. The number of piperidine rings is 1. The molecule has 0 radical (unpaired) electrons. The van der Waals surface area contributed by atoms with Crippen LogP contribution in [0.15, 0.2) is 29.4 Å². The molecule has 7 heteroatoms. The molecule has 2 aliphatic heterocycles. The fraction of sp³-hybridized carbons (Fsp3) is 0.571. The Morgan fingerprint density at radius 3 is 2.39 bits per heavy atom. The van der Waals surface area contributed by atoms with Crippen LogP contribution in [-0.4, -0.2) is 47.4 Å². The van der Waals surface area contributed by atoms with E-state index < -0.39 is 5.60 Å². The molecule has 1 fully saturated rings. The maximum Gasteiger partial charge on any atom is 0.410 e. The topological polar surface area (TPSA) is 80.2 Å². The Hall–Kier alpha value is -2.57. The van der Waals surface area contributed by atoms with Crippen molar-refractivity contribution in [2.45, 2.75) is 58.7 Å². The summed E-state index contributed by atoms with van der Waals surface area (Å²) < 4.78 is 11.5. The predicted octanol–water partition coefficient (Wildman–Crippen LogP) is 3.33. The molecule has 2 amide bonds. The highest BCUT2D eigenvalue weighted by Gasteiger charge is 2.28. The number of hydrogen-bond acceptors (Lipinski definition) is 5. The lowest BCUT2D eigenvalue weighted by molar-refractivity contribution is -0.121. The molecule has 0 saturated carbocycles. The first-order valence-corrected chi connectivity index (χ1v) is 9.83. The van der Waals surface area contributed by atoms with Crippen molar-refractivity contribution < 1.29 is 19.1 Å². The van der Waals surface area contributed by atoms with Gasteiger partial charge in [0.25, 0.3) is 0 Å². The van der Waals surface area contributed by atoms with Crippen molar-refractivity contribution in [3.8, 4) is 5.75 Å². The van der Waals surface area contributed by atoms with E-state index in [2.05, 4.69) is 10.5 Å². The van der Waals surface area contributed by atoms with Crippen LogP contribution in [0.2, 0.25) is 0 Å². The molecular weight excluding hydrogens is 358 g/mol. The highest BCUT2D eigenvalue weighted by atomic mass is 16.6. The Morgan fingerprint density at radius 1 is 1.18 bits per heavy atom. The van der Waals surface area contributed by atoms with E-state index in [9.17, 15) is 9.59 Å². The fourth-order valence-electron chi connectivity index (χ4n) is 3.38. The second-order valence-corrected chi connectivity index (χ2v) is 8.45. The van der Waals surface area contributed by atoms with Crippen molar-refractivity contribution in [2.75, 3.05) is 13.1 Å². The number of likely N-dealkylation sites (tertiary alicyclic amines) is 1. The van der Waals surface area contributed by atoms with Crippen LogP contribution in [0.5, 0.6) is 5.75 Å².